The normalized spacial score (nSPS) is 15.4. The van der Waals surface area contributed by atoms with Crippen molar-refractivity contribution in [3.63, 3.8) is 0 Å². The third kappa shape index (κ3) is 5.09. The van der Waals surface area contributed by atoms with Crippen molar-refractivity contribution in [2.45, 2.75) is 26.3 Å². The second kappa shape index (κ2) is 10.4. The van der Waals surface area contributed by atoms with Crippen molar-refractivity contribution in [1.29, 1.82) is 0 Å². The van der Waals surface area contributed by atoms with E-state index in [1.54, 1.807) is 30.2 Å². The molecule has 1 atom stereocenters. The molecule has 186 valence electrons. The van der Waals surface area contributed by atoms with Gasteiger partial charge in [0, 0.05) is 17.6 Å². The van der Waals surface area contributed by atoms with Crippen LogP contribution in [0.5, 0.6) is 11.5 Å². The first kappa shape index (κ1) is 25.3. The van der Waals surface area contributed by atoms with E-state index in [1.165, 1.54) is 0 Å². The fraction of sp³-hybridized carbons (Fsp3) is 0.407. The number of likely N-dealkylation sites (N-methyl/N-ethyl adjacent to an activating group) is 1. The van der Waals surface area contributed by atoms with E-state index >= 15 is 0 Å². The van der Waals surface area contributed by atoms with Crippen LogP contribution >= 0.6 is 15.9 Å². The van der Waals surface area contributed by atoms with Gasteiger partial charge in [0.2, 0.25) is 5.76 Å². The lowest BCUT2D eigenvalue weighted by atomic mass is 9.98. The van der Waals surface area contributed by atoms with E-state index in [2.05, 4.69) is 29.8 Å². The maximum Gasteiger partial charge on any atom is 0.290 e. The van der Waals surface area contributed by atoms with Gasteiger partial charge in [0.25, 0.3) is 5.91 Å². The highest BCUT2D eigenvalue weighted by molar-refractivity contribution is 9.10. The highest BCUT2D eigenvalue weighted by atomic mass is 79.9. The average molecular weight is 543 g/mol. The molecule has 1 unspecified atom stereocenters. The van der Waals surface area contributed by atoms with Crippen LogP contribution in [0.2, 0.25) is 0 Å². The van der Waals surface area contributed by atoms with Crippen molar-refractivity contribution in [3.05, 3.63) is 68.0 Å². The maximum absolute atomic E-state index is 13.7. The third-order valence-electron chi connectivity index (χ3n) is 6.17. The van der Waals surface area contributed by atoms with Gasteiger partial charge in [-0.15, -0.1) is 0 Å². The summed E-state index contributed by atoms with van der Waals surface area (Å²) in [6.07, 6.45) is 0.928. The van der Waals surface area contributed by atoms with E-state index in [0.717, 1.165) is 16.5 Å². The van der Waals surface area contributed by atoms with Crippen LogP contribution in [0.25, 0.3) is 11.0 Å². The molecule has 0 aliphatic carbocycles. The van der Waals surface area contributed by atoms with Crippen molar-refractivity contribution in [2.75, 3.05) is 40.9 Å². The van der Waals surface area contributed by atoms with Crippen molar-refractivity contribution in [2.24, 2.45) is 5.92 Å². The lowest BCUT2D eigenvalue weighted by Gasteiger charge is -2.27. The van der Waals surface area contributed by atoms with Crippen LogP contribution in [0.4, 0.5) is 0 Å². The molecule has 0 spiro atoms. The molecule has 0 N–H and O–H groups in total. The number of carbonyl (C=O) groups excluding carboxylic acids is 1. The van der Waals surface area contributed by atoms with Gasteiger partial charge in [-0.05, 0) is 62.3 Å². The van der Waals surface area contributed by atoms with E-state index in [0.29, 0.717) is 53.6 Å². The molecular weight excluding hydrogens is 512 g/mol. The molecule has 1 aliphatic rings. The highest BCUT2D eigenvalue weighted by Gasteiger charge is 2.42. The number of hydrogen-bond donors (Lipinski definition) is 0. The zero-order valence-corrected chi connectivity index (χ0v) is 22.3. The summed E-state index contributed by atoms with van der Waals surface area (Å²) in [6.45, 7) is 5.96. The third-order valence-corrected chi connectivity index (χ3v) is 6.67. The van der Waals surface area contributed by atoms with Crippen molar-refractivity contribution < 1.29 is 18.7 Å². The molecule has 0 bridgehead atoms. The Morgan fingerprint density at radius 2 is 1.89 bits per heavy atom. The Kier molecular flexibility index (Phi) is 7.52. The molecular formula is C27H31BrN2O5. The predicted octanol–water partition coefficient (Wildman–Crippen LogP) is 5.10. The lowest BCUT2D eigenvalue weighted by molar-refractivity contribution is 0.0716. The lowest BCUT2D eigenvalue weighted by Crippen LogP contribution is -2.35. The van der Waals surface area contributed by atoms with Crippen LogP contribution in [-0.2, 0) is 0 Å². The monoisotopic (exact) mass is 542 g/mol. The van der Waals surface area contributed by atoms with E-state index in [9.17, 15) is 9.59 Å². The van der Waals surface area contributed by atoms with Gasteiger partial charge in [-0.25, -0.2) is 0 Å². The largest absolute Gasteiger partial charge is 0.493 e. The summed E-state index contributed by atoms with van der Waals surface area (Å²) in [5.41, 5.74) is 1.31. The highest BCUT2D eigenvalue weighted by Crippen LogP contribution is 2.41. The van der Waals surface area contributed by atoms with Crippen molar-refractivity contribution in [1.82, 2.24) is 9.80 Å². The molecule has 8 heteroatoms. The minimum atomic E-state index is -0.587. The Balaban J connectivity index is 1.82. The van der Waals surface area contributed by atoms with Gasteiger partial charge in [0.05, 0.1) is 30.7 Å². The van der Waals surface area contributed by atoms with Gasteiger partial charge in [-0.3, -0.25) is 9.59 Å². The number of fused-ring (bicyclic) bond motifs is 2. The van der Waals surface area contributed by atoms with Gasteiger partial charge < -0.3 is 23.7 Å². The fourth-order valence-corrected chi connectivity index (χ4v) is 4.62. The van der Waals surface area contributed by atoms with Crippen molar-refractivity contribution >= 4 is 32.8 Å². The minimum Gasteiger partial charge on any atom is -0.493 e. The minimum absolute atomic E-state index is 0.102. The molecule has 1 aromatic heterocycles. The molecule has 7 nitrogen and oxygen atoms in total. The maximum atomic E-state index is 13.7. The second-order valence-corrected chi connectivity index (χ2v) is 10.4. The molecule has 0 saturated carbocycles. The zero-order chi connectivity index (χ0) is 25.3. The summed E-state index contributed by atoms with van der Waals surface area (Å²) in [7, 11) is 5.49. The molecule has 1 aliphatic heterocycles. The number of ether oxygens (including phenoxy) is 2. The first-order chi connectivity index (χ1) is 16.7. The molecule has 0 radical (unpaired) electrons. The fourth-order valence-electron chi connectivity index (χ4n) is 4.26. The van der Waals surface area contributed by atoms with Crippen LogP contribution in [0, 0.1) is 5.92 Å². The van der Waals surface area contributed by atoms with Crippen LogP contribution in [-0.4, -0.2) is 56.6 Å². The predicted molar refractivity (Wildman–Crippen MR) is 140 cm³/mol. The summed E-state index contributed by atoms with van der Waals surface area (Å²) in [4.78, 5) is 30.9. The number of hydrogen-bond acceptors (Lipinski definition) is 6. The summed E-state index contributed by atoms with van der Waals surface area (Å²) in [6, 6.07) is 10.2. The van der Waals surface area contributed by atoms with E-state index in [-0.39, 0.29) is 17.1 Å². The summed E-state index contributed by atoms with van der Waals surface area (Å²) >= 11 is 3.43. The van der Waals surface area contributed by atoms with Crippen LogP contribution in [0.3, 0.4) is 0 Å². The van der Waals surface area contributed by atoms with Gasteiger partial charge in [-0.1, -0.05) is 35.8 Å². The Morgan fingerprint density at radius 1 is 1.11 bits per heavy atom. The smallest absolute Gasteiger partial charge is 0.290 e. The number of benzene rings is 2. The van der Waals surface area contributed by atoms with E-state index < -0.39 is 6.04 Å². The number of rotatable bonds is 9. The van der Waals surface area contributed by atoms with Crippen LogP contribution in [0.15, 0.2) is 50.1 Å². The summed E-state index contributed by atoms with van der Waals surface area (Å²) in [5, 5.41) is 0.436. The topological polar surface area (TPSA) is 72.2 Å². The summed E-state index contributed by atoms with van der Waals surface area (Å²) < 4.78 is 18.4. The van der Waals surface area contributed by atoms with Gasteiger partial charge in [0.15, 0.2) is 16.9 Å². The Hall–Kier alpha value is -2.84. The number of halogens is 1. The average Bonchev–Trinajstić information content (AvgIpc) is 3.10. The van der Waals surface area contributed by atoms with E-state index in [4.69, 9.17) is 13.9 Å². The number of nitrogens with zero attached hydrogens (tertiary/aromatic N) is 2. The molecule has 1 amide bonds. The van der Waals surface area contributed by atoms with Gasteiger partial charge in [-0.2, -0.15) is 0 Å². The number of carbonyl (C=O) groups is 1. The van der Waals surface area contributed by atoms with Gasteiger partial charge >= 0.3 is 0 Å². The second-order valence-electron chi connectivity index (χ2n) is 9.46. The standard InChI is InChI=1S/C27H31BrN2O5/c1-16(2)10-13-34-21-8-6-17(14-22(21)33-5)24-23-25(31)19-15-18(28)7-9-20(19)35-26(23)27(32)30(24)12-11-29(3)4/h6-9,14-16,24H,10-13H2,1-5H3. The molecule has 0 saturated heterocycles. The number of amides is 1. The SMILES string of the molecule is COc1cc(C2c3c(oc4ccc(Br)cc4c3=O)C(=O)N2CCN(C)C)ccc1OCCC(C)C. The molecule has 2 heterocycles. The Labute approximate surface area is 213 Å². The van der Waals surface area contributed by atoms with Crippen LogP contribution in [0.1, 0.15) is 48.0 Å². The van der Waals surface area contributed by atoms with Gasteiger partial charge in [0.1, 0.15) is 5.58 Å². The van der Waals surface area contributed by atoms with E-state index in [1.807, 2.05) is 37.2 Å². The van der Waals surface area contributed by atoms with Crippen LogP contribution < -0.4 is 14.9 Å². The molecule has 4 rings (SSSR count). The first-order valence-corrected chi connectivity index (χ1v) is 12.5. The molecule has 35 heavy (non-hydrogen) atoms. The molecule has 2 aromatic carbocycles. The zero-order valence-electron chi connectivity index (χ0n) is 20.8. The number of methoxy groups -OCH3 is 1. The quantitative estimate of drug-likeness (QED) is 0.374. The summed E-state index contributed by atoms with van der Waals surface area (Å²) in [5.74, 6) is 1.54. The molecule has 0 fully saturated rings. The van der Waals surface area contributed by atoms with Crippen molar-refractivity contribution in [3.8, 4) is 11.5 Å². The molecule has 3 aromatic rings. The Morgan fingerprint density at radius 3 is 2.57 bits per heavy atom. The Bertz CT molecular complexity index is 1300. The first-order valence-electron chi connectivity index (χ1n) is 11.7.